The molecule has 0 saturated heterocycles. The lowest BCUT2D eigenvalue weighted by atomic mass is 9.53. The molecule has 3 atom stereocenters. The standard InChI is InChI=1S/C16H25NO7S/c1-9(18)24-16-6-10-4-11(7-16)14(12(5-10)8-16)23-15(19)13(17)2-3-25(20,21)22/h10-14H,2-8,17H2,1H3,(H,20,21,22). The molecule has 0 aromatic rings. The van der Waals surface area contributed by atoms with Crippen LogP contribution in [-0.2, 0) is 29.2 Å². The first-order chi connectivity index (χ1) is 11.6. The zero-order valence-electron chi connectivity index (χ0n) is 14.2. The minimum atomic E-state index is -4.16. The quantitative estimate of drug-likeness (QED) is 0.510. The van der Waals surface area contributed by atoms with Crippen LogP contribution in [0.15, 0.2) is 0 Å². The molecule has 0 aliphatic heterocycles. The number of nitrogens with two attached hydrogens (primary N) is 1. The highest BCUT2D eigenvalue weighted by atomic mass is 32.2. The molecule has 142 valence electrons. The van der Waals surface area contributed by atoms with Crippen LogP contribution >= 0.6 is 0 Å². The predicted octanol–water partition coefficient (Wildman–Crippen LogP) is 0.645. The Bertz CT molecular complexity index is 645. The van der Waals surface area contributed by atoms with Gasteiger partial charge in [-0.1, -0.05) is 0 Å². The molecule has 3 unspecified atom stereocenters. The van der Waals surface area contributed by atoms with E-state index in [9.17, 15) is 18.0 Å². The van der Waals surface area contributed by atoms with Crippen molar-refractivity contribution >= 4 is 22.1 Å². The van der Waals surface area contributed by atoms with E-state index >= 15 is 0 Å². The second kappa shape index (κ2) is 6.51. The molecule has 0 radical (unpaired) electrons. The van der Waals surface area contributed by atoms with E-state index in [0.29, 0.717) is 18.8 Å². The highest BCUT2D eigenvalue weighted by Gasteiger charge is 2.58. The molecule has 0 aromatic heterocycles. The average molecular weight is 375 g/mol. The summed E-state index contributed by atoms with van der Waals surface area (Å²) >= 11 is 0. The maximum absolute atomic E-state index is 12.2. The Morgan fingerprint density at radius 3 is 2.36 bits per heavy atom. The SMILES string of the molecule is CC(=O)OC12CC3CC(C1)C(OC(=O)C(N)CCS(=O)(=O)O)C(C3)C2. The van der Waals surface area contributed by atoms with Crippen LogP contribution in [0.2, 0.25) is 0 Å². The summed E-state index contributed by atoms with van der Waals surface area (Å²) in [5, 5.41) is 0. The first-order valence-electron chi connectivity index (χ1n) is 8.68. The van der Waals surface area contributed by atoms with Crippen LogP contribution < -0.4 is 5.73 Å². The van der Waals surface area contributed by atoms with Crippen molar-refractivity contribution in [2.24, 2.45) is 23.5 Å². The highest BCUT2D eigenvalue weighted by molar-refractivity contribution is 7.85. The molecule has 0 amide bonds. The van der Waals surface area contributed by atoms with E-state index in [2.05, 4.69) is 0 Å². The van der Waals surface area contributed by atoms with Gasteiger partial charge >= 0.3 is 11.9 Å². The zero-order chi connectivity index (χ0) is 18.4. The monoisotopic (exact) mass is 375 g/mol. The molecule has 3 N–H and O–H groups in total. The summed E-state index contributed by atoms with van der Waals surface area (Å²) in [6.45, 7) is 1.42. The highest BCUT2D eigenvalue weighted by Crippen LogP contribution is 2.58. The molecule has 4 saturated carbocycles. The van der Waals surface area contributed by atoms with Gasteiger partial charge in [0.05, 0.1) is 5.75 Å². The predicted molar refractivity (Wildman–Crippen MR) is 86.9 cm³/mol. The minimum Gasteiger partial charge on any atom is -0.461 e. The van der Waals surface area contributed by atoms with E-state index in [1.807, 2.05) is 0 Å². The summed E-state index contributed by atoms with van der Waals surface area (Å²) in [6, 6.07) is -1.08. The molecule has 8 nitrogen and oxygen atoms in total. The molecule has 0 spiro atoms. The number of carbonyl (C=O) groups is 2. The molecule has 4 bridgehead atoms. The van der Waals surface area contributed by atoms with Crippen molar-refractivity contribution in [3.8, 4) is 0 Å². The first kappa shape index (κ1) is 18.6. The Labute approximate surface area is 147 Å². The van der Waals surface area contributed by atoms with Crippen molar-refractivity contribution in [2.45, 2.75) is 63.2 Å². The van der Waals surface area contributed by atoms with Gasteiger partial charge in [0.2, 0.25) is 0 Å². The molecular weight excluding hydrogens is 350 g/mol. The van der Waals surface area contributed by atoms with E-state index < -0.39 is 33.5 Å². The molecular formula is C16H25NO7S. The van der Waals surface area contributed by atoms with Crippen LogP contribution in [0.4, 0.5) is 0 Å². The van der Waals surface area contributed by atoms with E-state index in [1.54, 1.807) is 0 Å². The second-order valence-corrected chi connectivity index (χ2v) is 9.40. The third kappa shape index (κ3) is 4.15. The summed E-state index contributed by atoms with van der Waals surface area (Å²) in [6.07, 6.45) is 3.71. The van der Waals surface area contributed by atoms with Gasteiger partial charge in [0.15, 0.2) is 0 Å². The smallest absolute Gasteiger partial charge is 0.323 e. The number of hydrogen-bond acceptors (Lipinski definition) is 7. The van der Waals surface area contributed by atoms with Gasteiger partial charge in [-0.15, -0.1) is 0 Å². The van der Waals surface area contributed by atoms with Crippen LogP contribution in [0.25, 0.3) is 0 Å². The topological polar surface area (TPSA) is 133 Å². The third-order valence-electron chi connectivity index (χ3n) is 5.73. The van der Waals surface area contributed by atoms with Crippen LogP contribution in [0.3, 0.4) is 0 Å². The van der Waals surface area contributed by atoms with E-state index in [1.165, 1.54) is 6.92 Å². The fraction of sp³-hybridized carbons (Fsp3) is 0.875. The van der Waals surface area contributed by atoms with Crippen molar-refractivity contribution in [1.29, 1.82) is 0 Å². The maximum Gasteiger partial charge on any atom is 0.323 e. The van der Waals surface area contributed by atoms with Gasteiger partial charge in [0.25, 0.3) is 10.1 Å². The third-order valence-corrected chi connectivity index (χ3v) is 6.48. The maximum atomic E-state index is 12.2. The van der Waals surface area contributed by atoms with Gasteiger partial charge in [0.1, 0.15) is 17.7 Å². The van der Waals surface area contributed by atoms with Crippen molar-refractivity contribution in [2.75, 3.05) is 5.75 Å². The van der Waals surface area contributed by atoms with Gasteiger partial charge in [-0.2, -0.15) is 8.42 Å². The van der Waals surface area contributed by atoms with Gasteiger partial charge in [-0.3, -0.25) is 14.1 Å². The Morgan fingerprint density at radius 1 is 1.24 bits per heavy atom. The Kier molecular flexibility index (Phi) is 4.85. The Morgan fingerprint density at radius 2 is 1.84 bits per heavy atom. The number of ether oxygens (including phenoxy) is 2. The fourth-order valence-corrected chi connectivity index (χ4v) is 5.69. The largest absolute Gasteiger partial charge is 0.461 e. The summed E-state index contributed by atoms with van der Waals surface area (Å²) in [4.78, 5) is 23.6. The number of carbonyl (C=O) groups excluding carboxylic acids is 2. The number of esters is 2. The molecule has 4 aliphatic carbocycles. The molecule has 4 aliphatic rings. The van der Waals surface area contributed by atoms with E-state index in [4.69, 9.17) is 19.8 Å². The second-order valence-electron chi connectivity index (χ2n) is 7.83. The molecule has 25 heavy (non-hydrogen) atoms. The lowest BCUT2D eigenvalue weighted by Crippen LogP contribution is -2.59. The molecule has 9 heteroatoms. The van der Waals surface area contributed by atoms with Crippen LogP contribution in [0.5, 0.6) is 0 Å². The lowest BCUT2D eigenvalue weighted by Gasteiger charge is -2.58. The van der Waals surface area contributed by atoms with Gasteiger partial charge in [-0.05, 0) is 44.4 Å². The zero-order valence-corrected chi connectivity index (χ0v) is 15.0. The number of hydrogen-bond donors (Lipinski definition) is 2. The number of rotatable bonds is 6. The lowest BCUT2D eigenvalue weighted by molar-refractivity contribution is -0.214. The van der Waals surface area contributed by atoms with Gasteiger partial charge in [-0.25, -0.2) is 0 Å². The van der Waals surface area contributed by atoms with Crippen molar-refractivity contribution in [3.63, 3.8) is 0 Å². The Balaban J connectivity index is 1.61. The van der Waals surface area contributed by atoms with E-state index in [0.717, 1.165) is 19.3 Å². The van der Waals surface area contributed by atoms with Crippen LogP contribution in [0.1, 0.15) is 45.4 Å². The minimum absolute atomic E-state index is 0.142. The normalized spacial score (nSPS) is 37.6. The molecule has 4 fully saturated rings. The molecule has 4 rings (SSSR count). The van der Waals surface area contributed by atoms with Gasteiger partial charge in [0, 0.05) is 18.8 Å². The van der Waals surface area contributed by atoms with E-state index in [-0.39, 0.29) is 30.3 Å². The average Bonchev–Trinajstić information content (AvgIpc) is 2.45. The first-order valence-corrected chi connectivity index (χ1v) is 10.3. The van der Waals surface area contributed by atoms with Crippen LogP contribution in [0, 0.1) is 17.8 Å². The molecule has 0 heterocycles. The van der Waals surface area contributed by atoms with Crippen LogP contribution in [-0.4, -0.2) is 48.4 Å². The van der Waals surface area contributed by atoms with Crippen molar-refractivity contribution in [3.05, 3.63) is 0 Å². The summed E-state index contributed by atoms with van der Waals surface area (Å²) in [5.74, 6) is -0.713. The molecule has 0 aromatic carbocycles. The Hall–Kier alpha value is -1.19. The van der Waals surface area contributed by atoms with Crippen molar-refractivity contribution in [1.82, 2.24) is 0 Å². The summed E-state index contributed by atoms with van der Waals surface area (Å²) < 4.78 is 41.6. The summed E-state index contributed by atoms with van der Waals surface area (Å²) in [7, 11) is -4.16. The van der Waals surface area contributed by atoms with Gasteiger partial charge < -0.3 is 15.2 Å². The fourth-order valence-electron chi connectivity index (χ4n) is 5.14. The van der Waals surface area contributed by atoms with Crippen molar-refractivity contribution < 1.29 is 32.0 Å². The summed E-state index contributed by atoms with van der Waals surface area (Å²) in [5.41, 5.74) is 5.28.